The molecule has 0 fully saturated rings. The first-order chi connectivity index (χ1) is 7.19. The van der Waals surface area contributed by atoms with Gasteiger partial charge in [-0.05, 0) is 11.6 Å². The molecule has 5 nitrogen and oxygen atoms in total. The van der Waals surface area contributed by atoms with Crippen LogP contribution in [0.1, 0.15) is 11.3 Å². The average Bonchev–Trinajstić information content (AvgIpc) is 2.57. The van der Waals surface area contributed by atoms with Crippen molar-refractivity contribution in [2.75, 3.05) is 0 Å². The highest BCUT2D eigenvalue weighted by Gasteiger charge is 2.05. The summed E-state index contributed by atoms with van der Waals surface area (Å²) in [5.74, 6) is -0.902. The Labute approximate surface area is 85.6 Å². The molecule has 2 aromatic heterocycles. The number of pyridine rings is 1. The number of hydrogen-bond acceptors (Lipinski definition) is 3. The van der Waals surface area contributed by atoms with Crippen molar-refractivity contribution in [1.29, 1.82) is 0 Å². The molecule has 15 heavy (non-hydrogen) atoms. The maximum atomic E-state index is 10.5. The van der Waals surface area contributed by atoms with Crippen LogP contribution in [0.4, 0.5) is 0 Å². The van der Waals surface area contributed by atoms with Crippen LogP contribution in [0.5, 0.6) is 0 Å². The van der Waals surface area contributed by atoms with E-state index in [4.69, 9.17) is 10.2 Å². The first-order valence-corrected chi connectivity index (χ1v) is 4.48. The van der Waals surface area contributed by atoms with E-state index < -0.39 is 5.97 Å². The first-order valence-electron chi connectivity index (χ1n) is 4.48. The largest absolute Gasteiger partial charge is 0.481 e. The van der Waals surface area contributed by atoms with Gasteiger partial charge in [0.1, 0.15) is 5.65 Å². The molecule has 2 aromatic rings. The van der Waals surface area contributed by atoms with E-state index in [0.29, 0.717) is 11.3 Å². The Morgan fingerprint density at radius 3 is 2.87 bits per heavy atom. The molecule has 0 spiro atoms. The minimum Gasteiger partial charge on any atom is -0.481 e. The highest BCUT2D eigenvalue weighted by molar-refractivity contribution is 5.69. The monoisotopic (exact) mass is 206 g/mol. The zero-order valence-corrected chi connectivity index (χ0v) is 7.92. The number of carboxylic acids is 1. The van der Waals surface area contributed by atoms with Gasteiger partial charge in [-0.1, -0.05) is 6.07 Å². The number of rotatable bonds is 3. The lowest BCUT2D eigenvalue weighted by Crippen LogP contribution is -1.99. The van der Waals surface area contributed by atoms with Crippen LogP contribution in [-0.4, -0.2) is 25.6 Å². The first kappa shape index (κ1) is 9.67. The predicted molar refractivity (Wildman–Crippen MR) is 52.5 cm³/mol. The molecule has 2 heterocycles. The zero-order valence-electron chi connectivity index (χ0n) is 7.92. The fourth-order valence-electron chi connectivity index (χ4n) is 1.42. The van der Waals surface area contributed by atoms with E-state index in [0.717, 1.165) is 5.56 Å². The summed E-state index contributed by atoms with van der Waals surface area (Å²) >= 11 is 0. The fourth-order valence-corrected chi connectivity index (χ4v) is 1.42. The Morgan fingerprint density at radius 2 is 2.20 bits per heavy atom. The van der Waals surface area contributed by atoms with Gasteiger partial charge in [-0.15, -0.1) is 0 Å². The summed E-state index contributed by atoms with van der Waals surface area (Å²) in [6.07, 6.45) is 3.30. The van der Waals surface area contributed by atoms with Crippen molar-refractivity contribution >= 4 is 11.6 Å². The predicted octanol–water partition coefficient (Wildman–Crippen LogP) is 0.454. The van der Waals surface area contributed by atoms with Crippen LogP contribution in [-0.2, 0) is 17.8 Å². The molecule has 2 rings (SSSR count). The van der Waals surface area contributed by atoms with Crippen LogP contribution < -0.4 is 0 Å². The Kier molecular flexibility index (Phi) is 2.39. The average molecular weight is 206 g/mol. The van der Waals surface area contributed by atoms with E-state index in [1.54, 1.807) is 28.9 Å². The molecule has 5 heteroatoms. The van der Waals surface area contributed by atoms with Gasteiger partial charge in [-0.25, -0.2) is 4.98 Å². The summed E-state index contributed by atoms with van der Waals surface area (Å²) in [5.41, 5.74) is 1.96. The van der Waals surface area contributed by atoms with Gasteiger partial charge in [0.2, 0.25) is 0 Å². The number of aliphatic carboxylic acids is 1. The van der Waals surface area contributed by atoms with Gasteiger partial charge in [0.25, 0.3) is 0 Å². The van der Waals surface area contributed by atoms with Crippen molar-refractivity contribution in [3.8, 4) is 0 Å². The molecule has 0 aliphatic carbocycles. The summed E-state index contributed by atoms with van der Waals surface area (Å²) in [5, 5.41) is 17.5. The Balaban J connectivity index is 2.42. The van der Waals surface area contributed by atoms with E-state index in [-0.39, 0.29) is 13.0 Å². The Bertz CT molecular complexity index is 504. The van der Waals surface area contributed by atoms with Crippen LogP contribution in [0, 0.1) is 0 Å². The van der Waals surface area contributed by atoms with E-state index in [1.165, 1.54) is 0 Å². The smallest absolute Gasteiger partial charge is 0.309 e. The van der Waals surface area contributed by atoms with Gasteiger partial charge in [-0.2, -0.15) is 0 Å². The van der Waals surface area contributed by atoms with Crippen molar-refractivity contribution in [3.05, 3.63) is 35.8 Å². The van der Waals surface area contributed by atoms with E-state index in [2.05, 4.69) is 4.98 Å². The van der Waals surface area contributed by atoms with Crippen molar-refractivity contribution in [2.45, 2.75) is 13.0 Å². The molecule has 2 N–H and O–H groups in total. The van der Waals surface area contributed by atoms with Crippen LogP contribution in [0.2, 0.25) is 0 Å². The third kappa shape index (κ3) is 1.97. The summed E-state index contributed by atoms with van der Waals surface area (Å²) in [7, 11) is 0. The van der Waals surface area contributed by atoms with E-state index >= 15 is 0 Å². The van der Waals surface area contributed by atoms with Crippen LogP contribution in [0.15, 0.2) is 24.5 Å². The zero-order chi connectivity index (χ0) is 10.8. The molecule has 0 saturated heterocycles. The topological polar surface area (TPSA) is 74.8 Å². The lowest BCUT2D eigenvalue weighted by molar-refractivity contribution is -0.136. The van der Waals surface area contributed by atoms with Gasteiger partial charge >= 0.3 is 5.97 Å². The van der Waals surface area contributed by atoms with E-state index in [1.807, 2.05) is 0 Å². The van der Waals surface area contributed by atoms with Crippen LogP contribution in [0.25, 0.3) is 5.65 Å². The normalized spacial score (nSPS) is 10.7. The molecule has 0 saturated carbocycles. The second-order valence-electron chi connectivity index (χ2n) is 3.26. The minimum atomic E-state index is -0.902. The molecule has 0 radical (unpaired) electrons. The molecule has 0 amide bonds. The lowest BCUT2D eigenvalue weighted by Gasteiger charge is -1.96. The number of hydrogen-bond donors (Lipinski definition) is 2. The number of fused-ring (bicyclic) bond motifs is 1. The van der Waals surface area contributed by atoms with Crippen molar-refractivity contribution in [3.63, 3.8) is 0 Å². The summed E-state index contributed by atoms with van der Waals surface area (Å²) in [6, 6.07) is 3.50. The van der Waals surface area contributed by atoms with Gasteiger partial charge in [-0.3, -0.25) is 4.79 Å². The molecule has 78 valence electrons. The van der Waals surface area contributed by atoms with Gasteiger partial charge in [0.05, 0.1) is 18.7 Å². The van der Waals surface area contributed by atoms with Gasteiger partial charge in [0, 0.05) is 12.4 Å². The minimum absolute atomic E-state index is 0.0393. The van der Waals surface area contributed by atoms with Crippen LogP contribution in [0.3, 0.4) is 0 Å². The lowest BCUT2D eigenvalue weighted by atomic mass is 10.3. The maximum absolute atomic E-state index is 10.5. The molecule has 0 bridgehead atoms. The number of aliphatic hydroxyl groups excluding tert-OH is 1. The number of carboxylic acid groups (broad SMARTS) is 1. The third-order valence-electron chi connectivity index (χ3n) is 2.08. The standard InChI is InChI=1S/C10H10N2O3/c13-6-7-1-2-9-11-8(3-10(14)15)5-12(9)4-7/h1-2,4-5,13H,3,6H2,(H,14,15). The van der Waals surface area contributed by atoms with E-state index in [9.17, 15) is 4.79 Å². The molecule has 0 unspecified atom stereocenters. The highest BCUT2D eigenvalue weighted by atomic mass is 16.4. The van der Waals surface area contributed by atoms with Gasteiger partial charge < -0.3 is 14.6 Å². The number of imidazole rings is 1. The van der Waals surface area contributed by atoms with Crippen molar-refractivity contribution < 1.29 is 15.0 Å². The van der Waals surface area contributed by atoms with Crippen molar-refractivity contribution in [1.82, 2.24) is 9.38 Å². The number of aromatic nitrogens is 2. The summed E-state index contributed by atoms with van der Waals surface area (Å²) in [6.45, 7) is -0.0393. The Hall–Kier alpha value is -1.88. The van der Waals surface area contributed by atoms with Crippen LogP contribution >= 0.6 is 0 Å². The maximum Gasteiger partial charge on any atom is 0.309 e. The molecule has 0 aliphatic heterocycles. The summed E-state index contributed by atoms with van der Waals surface area (Å²) in [4.78, 5) is 14.6. The molecule has 0 aliphatic rings. The quantitative estimate of drug-likeness (QED) is 0.764. The third-order valence-corrected chi connectivity index (χ3v) is 2.08. The molecule has 0 atom stereocenters. The Morgan fingerprint density at radius 1 is 1.40 bits per heavy atom. The van der Waals surface area contributed by atoms with Crippen molar-refractivity contribution in [2.24, 2.45) is 0 Å². The number of carbonyl (C=O) groups is 1. The second kappa shape index (κ2) is 3.70. The number of aliphatic hydroxyl groups is 1. The molecular weight excluding hydrogens is 196 g/mol. The fraction of sp³-hybridized carbons (Fsp3) is 0.200. The molecule has 0 aromatic carbocycles. The highest BCUT2D eigenvalue weighted by Crippen LogP contribution is 2.08. The summed E-state index contributed by atoms with van der Waals surface area (Å²) < 4.78 is 1.71. The molecular formula is C10H10N2O3. The second-order valence-corrected chi connectivity index (χ2v) is 3.26. The van der Waals surface area contributed by atoms with Gasteiger partial charge in [0.15, 0.2) is 0 Å². The number of nitrogens with zero attached hydrogens (tertiary/aromatic N) is 2. The SMILES string of the molecule is O=C(O)Cc1cn2cc(CO)ccc2n1.